The van der Waals surface area contributed by atoms with E-state index < -0.39 is 0 Å². The average Bonchev–Trinajstić information content (AvgIpc) is 2.74. The van der Waals surface area contributed by atoms with Crippen LogP contribution in [0.25, 0.3) is 0 Å². The van der Waals surface area contributed by atoms with Crippen LogP contribution in [0.15, 0.2) is 24.3 Å². The van der Waals surface area contributed by atoms with E-state index in [-0.39, 0.29) is 0 Å². The molecule has 0 saturated heterocycles. The SMILES string of the molecule is CCn1c(CBr)nnc1Cc1ccc(C)cc1. The van der Waals surface area contributed by atoms with E-state index in [9.17, 15) is 0 Å². The number of hydrogen-bond acceptors (Lipinski definition) is 2. The second kappa shape index (κ2) is 5.45. The van der Waals surface area contributed by atoms with Gasteiger partial charge in [-0.15, -0.1) is 10.2 Å². The summed E-state index contributed by atoms with van der Waals surface area (Å²) in [4.78, 5) is 0. The first kappa shape index (κ1) is 12.3. The fourth-order valence-corrected chi connectivity index (χ4v) is 2.27. The van der Waals surface area contributed by atoms with Gasteiger partial charge in [-0.25, -0.2) is 0 Å². The van der Waals surface area contributed by atoms with Crippen LogP contribution < -0.4 is 0 Å². The summed E-state index contributed by atoms with van der Waals surface area (Å²) >= 11 is 3.43. The van der Waals surface area contributed by atoms with Crippen LogP contribution in [0.1, 0.15) is 29.7 Å². The van der Waals surface area contributed by atoms with Gasteiger partial charge < -0.3 is 4.57 Å². The fraction of sp³-hybridized carbons (Fsp3) is 0.385. The van der Waals surface area contributed by atoms with Crippen LogP contribution in [0.5, 0.6) is 0 Å². The Labute approximate surface area is 110 Å². The number of nitrogens with zero attached hydrogens (tertiary/aromatic N) is 3. The molecule has 0 unspecified atom stereocenters. The minimum absolute atomic E-state index is 0.752. The molecular weight excluding hydrogens is 278 g/mol. The van der Waals surface area contributed by atoms with Crippen LogP contribution in [0.3, 0.4) is 0 Å². The molecule has 1 aromatic heterocycles. The minimum atomic E-state index is 0.752. The molecule has 0 spiro atoms. The summed E-state index contributed by atoms with van der Waals surface area (Å²) in [5, 5.41) is 9.20. The lowest BCUT2D eigenvalue weighted by atomic mass is 10.1. The Morgan fingerprint density at radius 3 is 2.35 bits per heavy atom. The molecule has 0 amide bonds. The largest absolute Gasteiger partial charge is 0.314 e. The van der Waals surface area contributed by atoms with Crippen LogP contribution in [0.2, 0.25) is 0 Å². The van der Waals surface area contributed by atoms with Gasteiger partial charge in [0.2, 0.25) is 0 Å². The van der Waals surface area contributed by atoms with Gasteiger partial charge in [-0.2, -0.15) is 0 Å². The van der Waals surface area contributed by atoms with E-state index in [4.69, 9.17) is 0 Å². The zero-order valence-electron chi connectivity index (χ0n) is 10.2. The number of aromatic nitrogens is 3. The summed E-state index contributed by atoms with van der Waals surface area (Å²) in [5.74, 6) is 2.03. The Hall–Kier alpha value is -1.16. The highest BCUT2D eigenvalue weighted by molar-refractivity contribution is 9.08. The summed E-state index contributed by atoms with van der Waals surface area (Å²) in [7, 11) is 0. The van der Waals surface area contributed by atoms with Gasteiger partial charge in [0.15, 0.2) is 0 Å². The van der Waals surface area contributed by atoms with E-state index in [0.29, 0.717) is 0 Å². The van der Waals surface area contributed by atoms with Gasteiger partial charge in [0, 0.05) is 13.0 Å². The van der Waals surface area contributed by atoms with E-state index >= 15 is 0 Å². The maximum Gasteiger partial charge on any atom is 0.143 e. The first-order chi connectivity index (χ1) is 8.24. The fourth-order valence-electron chi connectivity index (χ4n) is 1.86. The molecule has 3 nitrogen and oxygen atoms in total. The monoisotopic (exact) mass is 293 g/mol. The molecule has 1 heterocycles. The molecule has 4 heteroatoms. The van der Waals surface area contributed by atoms with Gasteiger partial charge in [0.25, 0.3) is 0 Å². The first-order valence-electron chi connectivity index (χ1n) is 5.77. The molecule has 0 aliphatic rings. The molecule has 0 fully saturated rings. The lowest BCUT2D eigenvalue weighted by Gasteiger charge is -2.06. The summed E-state index contributed by atoms with van der Waals surface area (Å²) < 4.78 is 2.16. The normalized spacial score (nSPS) is 10.8. The molecule has 0 aliphatic carbocycles. The Morgan fingerprint density at radius 2 is 1.76 bits per heavy atom. The van der Waals surface area contributed by atoms with Crippen LogP contribution in [-0.4, -0.2) is 14.8 Å². The number of benzene rings is 1. The second-order valence-electron chi connectivity index (χ2n) is 4.07. The number of halogens is 1. The predicted octanol–water partition coefficient (Wildman–Crippen LogP) is 3.09. The van der Waals surface area contributed by atoms with E-state index in [1.54, 1.807) is 0 Å². The van der Waals surface area contributed by atoms with Gasteiger partial charge in [0.1, 0.15) is 11.6 Å². The third-order valence-electron chi connectivity index (χ3n) is 2.82. The summed E-state index contributed by atoms with van der Waals surface area (Å²) in [6, 6.07) is 8.57. The molecule has 0 saturated carbocycles. The van der Waals surface area contributed by atoms with Gasteiger partial charge in [0.05, 0.1) is 5.33 Å². The Kier molecular flexibility index (Phi) is 3.94. The van der Waals surface area contributed by atoms with Crippen molar-refractivity contribution in [2.75, 3.05) is 0 Å². The lowest BCUT2D eigenvalue weighted by molar-refractivity contribution is 0.688. The Balaban J connectivity index is 2.23. The quantitative estimate of drug-likeness (QED) is 0.811. The topological polar surface area (TPSA) is 30.7 Å². The first-order valence-corrected chi connectivity index (χ1v) is 6.89. The number of rotatable bonds is 4. The molecule has 0 N–H and O–H groups in total. The minimum Gasteiger partial charge on any atom is -0.314 e. The van der Waals surface area contributed by atoms with Gasteiger partial charge in [-0.05, 0) is 19.4 Å². The van der Waals surface area contributed by atoms with E-state index in [0.717, 1.165) is 29.9 Å². The van der Waals surface area contributed by atoms with Crippen molar-refractivity contribution in [2.45, 2.75) is 32.1 Å². The predicted molar refractivity (Wildman–Crippen MR) is 72.3 cm³/mol. The molecule has 0 atom stereocenters. The molecule has 90 valence electrons. The molecule has 1 aromatic carbocycles. The van der Waals surface area contributed by atoms with Gasteiger partial charge in [-0.1, -0.05) is 45.8 Å². The zero-order chi connectivity index (χ0) is 12.3. The highest BCUT2D eigenvalue weighted by Gasteiger charge is 2.09. The van der Waals surface area contributed by atoms with Crippen molar-refractivity contribution in [1.82, 2.24) is 14.8 Å². The lowest BCUT2D eigenvalue weighted by Crippen LogP contribution is -2.05. The molecule has 2 rings (SSSR count). The number of alkyl halides is 1. The molecule has 0 bridgehead atoms. The van der Waals surface area contributed by atoms with Crippen molar-refractivity contribution < 1.29 is 0 Å². The van der Waals surface area contributed by atoms with Gasteiger partial charge in [-0.3, -0.25) is 0 Å². The Morgan fingerprint density at radius 1 is 1.12 bits per heavy atom. The van der Waals surface area contributed by atoms with Crippen molar-refractivity contribution in [3.8, 4) is 0 Å². The summed E-state index contributed by atoms with van der Waals surface area (Å²) in [5.41, 5.74) is 2.56. The second-order valence-corrected chi connectivity index (χ2v) is 4.63. The number of aryl methyl sites for hydroxylation is 1. The third kappa shape index (κ3) is 2.75. The van der Waals surface area contributed by atoms with Crippen molar-refractivity contribution in [3.63, 3.8) is 0 Å². The van der Waals surface area contributed by atoms with Crippen LogP contribution >= 0.6 is 15.9 Å². The molecular formula is C13H16BrN3. The molecule has 0 aliphatic heterocycles. The highest BCUT2D eigenvalue weighted by Crippen LogP contribution is 2.12. The third-order valence-corrected chi connectivity index (χ3v) is 3.32. The number of hydrogen-bond donors (Lipinski definition) is 0. The van der Waals surface area contributed by atoms with Crippen molar-refractivity contribution in [3.05, 3.63) is 47.0 Å². The average molecular weight is 294 g/mol. The van der Waals surface area contributed by atoms with Crippen molar-refractivity contribution in [1.29, 1.82) is 0 Å². The Bertz CT molecular complexity index is 488. The van der Waals surface area contributed by atoms with Crippen LogP contribution in [-0.2, 0) is 18.3 Å². The maximum absolute atomic E-state index is 4.26. The zero-order valence-corrected chi connectivity index (χ0v) is 11.7. The van der Waals surface area contributed by atoms with Crippen LogP contribution in [0.4, 0.5) is 0 Å². The molecule has 0 radical (unpaired) electrons. The molecule has 2 aromatic rings. The van der Waals surface area contributed by atoms with Crippen molar-refractivity contribution >= 4 is 15.9 Å². The summed E-state index contributed by atoms with van der Waals surface area (Å²) in [6.45, 7) is 5.13. The standard InChI is InChI=1S/C13H16BrN3/c1-3-17-12(15-16-13(17)9-14)8-11-6-4-10(2)5-7-11/h4-7H,3,8-9H2,1-2H3. The van der Waals surface area contributed by atoms with Gasteiger partial charge >= 0.3 is 0 Å². The van der Waals surface area contributed by atoms with E-state index in [1.165, 1.54) is 11.1 Å². The smallest absolute Gasteiger partial charge is 0.143 e. The highest BCUT2D eigenvalue weighted by atomic mass is 79.9. The molecule has 17 heavy (non-hydrogen) atoms. The van der Waals surface area contributed by atoms with E-state index in [2.05, 4.69) is 68.8 Å². The van der Waals surface area contributed by atoms with Crippen LogP contribution in [0, 0.1) is 6.92 Å². The summed E-state index contributed by atoms with van der Waals surface area (Å²) in [6.07, 6.45) is 0.841. The van der Waals surface area contributed by atoms with Crippen molar-refractivity contribution in [2.24, 2.45) is 0 Å². The maximum atomic E-state index is 4.26. The van der Waals surface area contributed by atoms with E-state index in [1.807, 2.05) is 0 Å².